The third kappa shape index (κ3) is 3.60. The Kier molecular flexibility index (Phi) is 4.93. The Balaban J connectivity index is 1.83. The van der Waals surface area contributed by atoms with Crippen LogP contribution in [0.5, 0.6) is 11.5 Å². The summed E-state index contributed by atoms with van der Waals surface area (Å²) in [6.45, 7) is 4.52. The fourth-order valence-corrected chi connectivity index (χ4v) is 2.91. The number of aryl methyl sites for hydroxylation is 1. The number of hydrogen-bond donors (Lipinski definition) is 3. The van der Waals surface area contributed by atoms with Crippen LogP contribution < -0.4 is 10.1 Å². The van der Waals surface area contributed by atoms with E-state index in [0.29, 0.717) is 12.3 Å². The zero-order valence-corrected chi connectivity index (χ0v) is 14.4. The molecule has 3 rings (SSSR count). The first-order chi connectivity index (χ1) is 12.1. The van der Waals surface area contributed by atoms with Crippen molar-refractivity contribution in [3.63, 3.8) is 0 Å². The van der Waals surface area contributed by atoms with E-state index in [2.05, 4.69) is 10.3 Å². The zero-order valence-electron chi connectivity index (χ0n) is 14.4. The van der Waals surface area contributed by atoms with E-state index in [1.54, 1.807) is 12.1 Å². The Morgan fingerprint density at radius 2 is 2.08 bits per heavy atom. The summed E-state index contributed by atoms with van der Waals surface area (Å²) in [6, 6.07) is 11.0. The SMILES string of the molecule is CCOc1cccc2[nH]cc(CC(=O)Nc3cc(CC)ccc3O)c12. The van der Waals surface area contributed by atoms with Crippen molar-refractivity contribution >= 4 is 22.5 Å². The normalized spacial score (nSPS) is 10.8. The lowest BCUT2D eigenvalue weighted by molar-refractivity contribution is -0.115. The summed E-state index contributed by atoms with van der Waals surface area (Å²) in [5.41, 5.74) is 3.29. The second-order valence-corrected chi connectivity index (χ2v) is 5.86. The molecule has 0 aliphatic rings. The van der Waals surface area contributed by atoms with Crippen molar-refractivity contribution in [2.24, 2.45) is 0 Å². The van der Waals surface area contributed by atoms with Crippen LogP contribution in [0.4, 0.5) is 5.69 Å². The molecule has 5 heteroatoms. The average Bonchev–Trinajstić information content (AvgIpc) is 3.01. The smallest absolute Gasteiger partial charge is 0.228 e. The standard InChI is InChI=1S/C20H22N2O3/c1-3-13-8-9-17(23)16(10-13)22-19(24)11-14-12-21-15-6-5-7-18(20(14)15)25-4-2/h5-10,12,21,23H,3-4,11H2,1-2H3,(H,22,24). The molecule has 2 aromatic carbocycles. The number of aromatic nitrogens is 1. The van der Waals surface area contributed by atoms with Crippen LogP contribution in [0.15, 0.2) is 42.6 Å². The van der Waals surface area contributed by atoms with Crippen LogP contribution >= 0.6 is 0 Å². The fourth-order valence-electron chi connectivity index (χ4n) is 2.91. The van der Waals surface area contributed by atoms with Gasteiger partial charge in [-0.1, -0.05) is 19.1 Å². The molecule has 25 heavy (non-hydrogen) atoms. The van der Waals surface area contributed by atoms with Gasteiger partial charge in [0.25, 0.3) is 0 Å². The van der Waals surface area contributed by atoms with Gasteiger partial charge in [-0.25, -0.2) is 0 Å². The maximum atomic E-state index is 12.5. The first-order valence-corrected chi connectivity index (χ1v) is 8.45. The van der Waals surface area contributed by atoms with E-state index in [0.717, 1.165) is 34.2 Å². The topological polar surface area (TPSA) is 74.4 Å². The highest BCUT2D eigenvalue weighted by Crippen LogP contribution is 2.30. The summed E-state index contributed by atoms with van der Waals surface area (Å²) < 4.78 is 5.68. The molecule has 1 amide bonds. The van der Waals surface area contributed by atoms with E-state index < -0.39 is 0 Å². The average molecular weight is 338 g/mol. The van der Waals surface area contributed by atoms with Gasteiger partial charge in [0.2, 0.25) is 5.91 Å². The van der Waals surface area contributed by atoms with Gasteiger partial charge in [-0.3, -0.25) is 4.79 Å². The molecule has 130 valence electrons. The number of carbonyl (C=O) groups excluding carboxylic acids is 1. The van der Waals surface area contributed by atoms with Crippen LogP contribution in [-0.4, -0.2) is 22.6 Å². The minimum absolute atomic E-state index is 0.0690. The van der Waals surface area contributed by atoms with Gasteiger partial charge in [-0.05, 0) is 48.7 Å². The highest BCUT2D eigenvalue weighted by molar-refractivity contribution is 5.98. The molecule has 0 saturated heterocycles. The number of amides is 1. The molecule has 3 aromatic rings. The number of anilines is 1. The Bertz CT molecular complexity index is 899. The van der Waals surface area contributed by atoms with Gasteiger partial charge in [0.15, 0.2) is 0 Å². The van der Waals surface area contributed by atoms with E-state index in [1.807, 2.05) is 44.3 Å². The first-order valence-electron chi connectivity index (χ1n) is 8.45. The number of benzene rings is 2. The Labute approximate surface area is 146 Å². The predicted molar refractivity (Wildman–Crippen MR) is 99.3 cm³/mol. The second kappa shape index (κ2) is 7.30. The Morgan fingerprint density at radius 1 is 1.24 bits per heavy atom. The molecule has 0 radical (unpaired) electrons. The molecule has 0 atom stereocenters. The number of fused-ring (bicyclic) bond motifs is 1. The van der Waals surface area contributed by atoms with Gasteiger partial charge in [0, 0.05) is 17.1 Å². The Morgan fingerprint density at radius 3 is 2.84 bits per heavy atom. The number of carbonyl (C=O) groups is 1. The van der Waals surface area contributed by atoms with Crippen molar-refractivity contribution in [3.05, 3.63) is 53.7 Å². The second-order valence-electron chi connectivity index (χ2n) is 5.86. The molecule has 0 saturated carbocycles. The summed E-state index contributed by atoms with van der Waals surface area (Å²) in [5.74, 6) is 0.648. The zero-order chi connectivity index (χ0) is 17.8. The third-order valence-electron chi connectivity index (χ3n) is 4.14. The summed E-state index contributed by atoms with van der Waals surface area (Å²) in [4.78, 5) is 15.6. The predicted octanol–water partition coefficient (Wildman–Crippen LogP) is 4.02. The molecule has 0 spiro atoms. The molecule has 1 aromatic heterocycles. The number of H-pyrrole nitrogens is 1. The lowest BCUT2D eigenvalue weighted by atomic mass is 10.1. The molecule has 1 heterocycles. The molecule has 0 unspecified atom stereocenters. The number of ether oxygens (including phenoxy) is 1. The van der Waals surface area contributed by atoms with Gasteiger partial charge >= 0.3 is 0 Å². The number of phenols is 1. The number of aromatic hydroxyl groups is 1. The van der Waals surface area contributed by atoms with Crippen LogP contribution in [0.3, 0.4) is 0 Å². The van der Waals surface area contributed by atoms with Crippen molar-refractivity contribution in [2.45, 2.75) is 26.7 Å². The fraction of sp³-hybridized carbons (Fsp3) is 0.250. The lowest BCUT2D eigenvalue weighted by Gasteiger charge is -2.10. The molecule has 3 N–H and O–H groups in total. The molecule has 0 aliphatic carbocycles. The molecule has 5 nitrogen and oxygen atoms in total. The summed E-state index contributed by atoms with van der Waals surface area (Å²) in [7, 11) is 0. The molecule has 0 bridgehead atoms. The molecular formula is C20H22N2O3. The van der Waals surface area contributed by atoms with E-state index >= 15 is 0 Å². The Hall–Kier alpha value is -2.95. The molecule has 0 fully saturated rings. The van der Waals surface area contributed by atoms with Crippen molar-refractivity contribution in [1.29, 1.82) is 0 Å². The van der Waals surface area contributed by atoms with E-state index in [4.69, 9.17) is 4.74 Å². The monoisotopic (exact) mass is 338 g/mol. The number of aromatic amines is 1. The van der Waals surface area contributed by atoms with Crippen LogP contribution in [0, 0.1) is 0 Å². The van der Waals surface area contributed by atoms with E-state index in [1.165, 1.54) is 0 Å². The van der Waals surface area contributed by atoms with Gasteiger partial charge in [0.1, 0.15) is 11.5 Å². The van der Waals surface area contributed by atoms with Gasteiger partial charge in [-0.15, -0.1) is 0 Å². The van der Waals surface area contributed by atoms with E-state index in [9.17, 15) is 9.90 Å². The maximum Gasteiger partial charge on any atom is 0.228 e. The molecule has 0 aliphatic heterocycles. The van der Waals surface area contributed by atoms with Crippen LogP contribution in [0.1, 0.15) is 25.0 Å². The van der Waals surface area contributed by atoms with Crippen molar-refractivity contribution in [3.8, 4) is 11.5 Å². The summed E-state index contributed by atoms with van der Waals surface area (Å²) in [6.07, 6.45) is 2.86. The number of rotatable bonds is 6. The van der Waals surface area contributed by atoms with Crippen LogP contribution in [-0.2, 0) is 17.6 Å². The van der Waals surface area contributed by atoms with Crippen LogP contribution in [0.2, 0.25) is 0 Å². The number of phenolic OH excluding ortho intramolecular Hbond substituents is 1. The lowest BCUT2D eigenvalue weighted by Crippen LogP contribution is -2.14. The largest absolute Gasteiger partial charge is 0.506 e. The number of hydrogen-bond acceptors (Lipinski definition) is 3. The van der Waals surface area contributed by atoms with Crippen LogP contribution in [0.25, 0.3) is 10.9 Å². The van der Waals surface area contributed by atoms with Crippen molar-refractivity contribution in [2.75, 3.05) is 11.9 Å². The van der Waals surface area contributed by atoms with E-state index in [-0.39, 0.29) is 18.1 Å². The maximum absolute atomic E-state index is 12.5. The highest BCUT2D eigenvalue weighted by atomic mass is 16.5. The minimum atomic E-state index is -0.184. The van der Waals surface area contributed by atoms with Crippen molar-refractivity contribution in [1.82, 2.24) is 4.98 Å². The summed E-state index contributed by atoms with van der Waals surface area (Å²) in [5, 5.41) is 13.7. The number of nitrogens with one attached hydrogen (secondary N) is 2. The van der Waals surface area contributed by atoms with Gasteiger partial charge in [0.05, 0.1) is 18.7 Å². The van der Waals surface area contributed by atoms with Gasteiger partial charge in [-0.2, -0.15) is 0 Å². The summed E-state index contributed by atoms with van der Waals surface area (Å²) >= 11 is 0. The minimum Gasteiger partial charge on any atom is -0.506 e. The highest BCUT2D eigenvalue weighted by Gasteiger charge is 2.14. The van der Waals surface area contributed by atoms with Gasteiger partial charge < -0.3 is 20.1 Å². The van der Waals surface area contributed by atoms with Crippen molar-refractivity contribution < 1.29 is 14.6 Å². The quantitative estimate of drug-likeness (QED) is 0.594. The first kappa shape index (κ1) is 16.9. The third-order valence-corrected chi connectivity index (χ3v) is 4.14. The molecular weight excluding hydrogens is 316 g/mol.